The maximum absolute atomic E-state index is 12.1. The molecule has 1 amide bonds. The maximum Gasteiger partial charge on any atom is 0.246 e. The second kappa shape index (κ2) is 5.76. The van der Waals surface area contributed by atoms with Crippen molar-refractivity contribution in [1.29, 1.82) is 0 Å². The normalized spacial score (nSPS) is 10.6. The summed E-state index contributed by atoms with van der Waals surface area (Å²) in [5, 5.41) is 18.0. The van der Waals surface area contributed by atoms with E-state index in [1.54, 1.807) is 0 Å². The zero-order valence-electron chi connectivity index (χ0n) is 12.3. The first-order valence-electron chi connectivity index (χ1n) is 6.77. The first kappa shape index (κ1) is 13.9. The van der Waals surface area contributed by atoms with Crippen LogP contribution in [0.15, 0.2) is 36.7 Å². The number of carbonyl (C=O) groups is 1. The van der Waals surface area contributed by atoms with E-state index in [1.165, 1.54) is 11.0 Å². The second-order valence-electron chi connectivity index (χ2n) is 4.85. The fraction of sp³-hybridized carbons (Fsp3) is 0.214. The highest BCUT2D eigenvalue weighted by atomic mass is 16.2. The summed E-state index contributed by atoms with van der Waals surface area (Å²) in [5.74, 6) is -0.203. The predicted molar refractivity (Wildman–Crippen MR) is 79.5 cm³/mol. The molecule has 3 aromatic rings. The number of aryl methyl sites for hydroxylation is 1. The number of hydrogen-bond donors (Lipinski definition) is 1. The van der Waals surface area contributed by atoms with E-state index in [0.29, 0.717) is 5.69 Å². The molecule has 2 heterocycles. The van der Waals surface area contributed by atoms with E-state index in [0.717, 1.165) is 17.1 Å². The summed E-state index contributed by atoms with van der Waals surface area (Å²) < 4.78 is 3.17. The molecule has 1 N–H and O–H groups in total. The fourth-order valence-electron chi connectivity index (χ4n) is 2.22. The van der Waals surface area contributed by atoms with E-state index in [-0.39, 0.29) is 12.5 Å². The summed E-state index contributed by atoms with van der Waals surface area (Å²) in [6.45, 7) is 3.83. The van der Waals surface area contributed by atoms with Crippen LogP contribution in [-0.2, 0) is 11.3 Å². The molecule has 0 saturated carbocycles. The minimum Gasteiger partial charge on any atom is -0.321 e. The molecule has 0 aliphatic rings. The largest absolute Gasteiger partial charge is 0.321 e. The monoisotopic (exact) mass is 297 g/mol. The molecule has 0 atom stereocenters. The van der Waals surface area contributed by atoms with Crippen molar-refractivity contribution in [3.05, 3.63) is 48.0 Å². The fourth-order valence-corrected chi connectivity index (χ4v) is 2.22. The number of carbonyl (C=O) groups excluding carboxylic acids is 1. The Balaban J connectivity index is 1.83. The topological polar surface area (TPSA) is 90.5 Å². The highest BCUT2D eigenvalue weighted by molar-refractivity contribution is 5.91. The molecule has 0 radical (unpaired) electrons. The van der Waals surface area contributed by atoms with Gasteiger partial charge in [-0.1, -0.05) is 18.2 Å². The third-order valence-electron chi connectivity index (χ3n) is 3.25. The first-order chi connectivity index (χ1) is 10.6. The highest BCUT2D eigenvalue weighted by Crippen LogP contribution is 2.22. The van der Waals surface area contributed by atoms with Crippen LogP contribution in [-0.4, -0.2) is 35.9 Å². The number of rotatable bonds is 4. The molecule has 0 aliphatic carbocycles. The summed E-state index contributed by atoms with van der Waals surface area (Å²) in [5.41, 5.74) is 3.28. The predicted octanol–water partition coefficient (Wildman–Crippen LogP) is 1.11. The molecule has 2 aromatic heterocycles. The van der Waals surface area contributed by atoms with Crippen molar-refractivity contribution in [2.24, 2.45) is 0 Å². The molecule has 0 bridgehead atoms. The van der Waals surface area contributed by atoms with Gasteiger partial charge in [-0.3, -0.25) is 4.79 Å². The van der Waals surface area contributed by atoms with E-state index < -0.39 is 0 Å². The van der Waals surface area contributed by atoms with Crippen LogP contribution in [0.5, 0.6) is 0 Å². The van der Waals surface area contributed by atoms with Gasteiger partial charge in [-0.05, 0) is 36.4 Å². The van der Waals surface area contributed by atoms with Gasteiger partial charge in [-0.25, -0.2) is 9.36 Å². The standard InChI is InChI=1S/C14H15N7O/c1-10-14(16-13(22)8-20-9-15-18-19-20)11(2)21(17-10)12-6-4-3-5-7-12/h3-7,9H,8H2,1-2H3,(H,16,22). The Labute approximate surface area is 126 Å². The lowest BCUT2D eigenvalue weighted by atomic mass is 10.3. The van der Waals surface area contributed by atoms with Gasteiger partial charge < -0.3 is 5.32 Å². The lowest BCUT2D eigenvalue weighted by molar-refractivity contribution is -0.116. The molecule has 0 unspecified atom stereocenters. The molecule has 0 aliphatic heterocycles. The molecule has 112 valence electrons. The summed E-state index contributed by atoms with van der Waals surface area (Å²) in [7, 11) is 0. The lowest BCUT2D eigenvalue weighted by Crippen LogP contribution is -2.20. The van der Waals surface area contributed by atoms with Crippen molar-refractivity contribution in [2.45, 2.75) is 20.4 Å². The van der Waals surface area contributed by atoms with Crippen molar-refractivity contribution in [3.8, 4) is 5.69 Å². The molecule has 8 nitrogen and oxygen atoms in total. The summed E-state index contributed by atoms with van der Waals surface area (Å²) >= 11 is 0. The third kappa shape index (κ3) is 2.71. The van der Waals surface area contributed by atoms with Crippen molar-refractivity contribution in [2.75, 3.05) is 5.32 Å². The summed E-state index contributed by atoms with van der Waals surface area (Å²) in [6.07, 6.45) is 1.40. The lowest BCUT2D eigenvalue weighted by Gasteiger charge is -2.06. The molecule has 22 heavy (non-hydrogen) atoms. The smallest absolute Gasteiger partial charge is 0.246 e. The minimum atomic E-state index is -0.203. The van der Waals surface area contributed by atoms with Crippen molar-refractivity contribution in [1.82, 2.24) is 30.0 Å². The van der Waals surface area contributed by atoms with Crippen LogP contribution >= 0.6 is 0 Å². The number of benzene rings is 1. The number of anilines is 1. The van der Waals surface area contributed by atoms with E-state index in [9.17, 15) is 4.79 Å². The van der Waals surface area contributed by atoms with Crippen molar-refractivity contribution in [3.63, 3.8) is 0 Å². The van der Waals surface area contributed by atoms with E-state index in [1.807, 2.05) is 48.9 Å². The van der Waals surface area contributed by atoms with Crippen LogP contribution in [0, 0.1) is 13.8 Å². The second-order valence-corrected chi connectivity index (χ2v) is 4.85. The number of aromatic nitrogens is 6. The van der Waals surface area contributed by atoms with Gasteiger partial charge in [0.2, 0.25) is 5.91 Å². The van der Waals surface area contributed by atoms with Gasteiger partial charge in [0.1, 0.15) is 12.9 Å². The third-order valence-corrected chi connectivity index (χ3v) is 3.25. The Morgan fingerprint density at radius 3 is 2.68 bits per heavy atom. The Bertz CT molecular complexity index is 777. The first-order valence-corrected chi connectivity index (χ1v) is 6.77. The molecule has 8 heteroatoms. The molecule has 3 rings (SSSR count). The Hall–Kier alpha value is -3.03. The zero-order chi connectivity index (χ0) is 15.5. The number of tetrazole rings is 1. The van der Waals surface area contributed by atoms with Crippen LogP contribution in [0.3, 0.4) is 0 Å². The van der Waals surface area contributed by atoms with Gasteiger partial charge in [0, 0.05) is 0 Å². The van der Waals surface area contributed by atoms with Crippen LogP contribution in [0.25, 0.3) is 5.69 Å². The van der Waals surface area contributed by atoms with Crippen LogP contribution in [0.4, 0.5) is 5.69 Å². The average molecular weight is 297 g/mol. The molecule has 1 aromatic carbocycles. The van der Waals surface area contributed by atoms with Gasteiger partial charge in [-0.2, -0.15) is 5.10 Å². The van der Waals surface area contributed by atoms with E-state index >= 15 is 0 Å². The molecule has 0 saturated heterocycles. The molecular weight excluding hydrogens is 282 g/mol. The number of para-hydroxylation sites is 1. The van der Waals surface area contributed by atoms with Gasteiger partial charge in [0.15, 0.2) is 0 Å². The van der Waals surface area contributed by atoms with Gasteiger partial charge in [0.05, 0.1) is 22.8 Å². The number of amides is 1. The molecular formula is C14H15N7O. The summed E-state index contributed by atoms with van der Waals surface area (Å²) in [6, 6.07) is 9.77. The Morgan fingerprint density at radius 2 is 2.00 bits per heavy atom. The van der Waals surface area contributed by atoms with Gasteiger partial charge >= 0.3 is 0 Å². The summed E-state index contributed by atoms with van der Waals surface area (Å²) in [4.78, 5) is 12.1. The maximum atomic E-state index is 12.1. The van der Waals surface area contributed by atoms with Crippen LogP contribution < -0.4 is 5.32 Å². The van der Waals surface area contributed by atoms with Gasteiger partial charge in [0.25, 0.3) is 0 Å². The number of nitrogens with one attached hydrogen (secondary N) is 1. The minimum absolute atomic E-state index is 0.0579. The quantitative estimate of drug-likeness (QED) is 0.779. The van der Waals surface area contributed by atoms with E-state index in [2.05, 4.69) is 25.9 Å². The highest BCUT2D eigenvalue weighted by Gasteiger charge is 2.15. The molecule has 0 fully saturated rings. The SMILES string of the molecule is Cc1nn(-c2ccccc2)c(C)c1NC(=O)Cn1cnnn1. The number of hydrogen-bond acceptors (Lipinski definition) is 5. The van der Waals surface area contributed by atoms with E-state index in [4.69, 9.17) is 0 Å². The van der Waals surface area contributed by atoms with Crippen LogP contribution in [0.1, 0.15) is 11.4 Å². The average Bonchev–Trinajstić information content (AvgIpc) is 3.11. The molecule has 0 spiro atoms. The Kier molecular flexibility index (Phi) is 3.65. The van der Waals surface area contributed by atoms with Gasteiger partial charge in [-0.15, -0.1) is 5.10 Å². The zero-order valence-corrected chi connectivity index (χ0v) is 12.3. The van der Waals surface area contributed by atoms with Crippen molar-refractivity contribution >= 4 is 11.6 Å². The van der Waals surface area contributed by atoms with Crippen molar-refractivity contribution < 1.29 is 4.79 Å². The Morgan fingerprint density at radius 1 is 1.23 bits per heavy atom. The van der Waals surface area contributed by atoms with Crippen LogP contribution in [0.2, 0.25) is 0 Å². The number of nitrogens with zero attached hydrogens (tertiary/aromatic N) is 6.